The minimum absolute atomic E-state index is 0.0272. The van der Waals surface area contributed by atoms with Crippen LogP contribution < -0.4 is 10.9 Å². The fourth-order valence-corrected chi connectivity index (χ4v) is 3.19. The van der Waals surface area contributed by atoms with E-state index >= 15 is 0 Å². The molecule has 0 aliphatic carbocycles. The maximum Gasteiger partial charge on any atom is 0.292 e. The number of anilines is 1. The molecule has 134 valence electrons. The highest BCUT2D eigenvalue weighted by Crippen LogP contribution is 2.25. The van der Waals surface area contributed by atoms with Crippen molar-refractivity contribution in [2.24, 2.45) is 0 Å². The first-order valence-corrected chi connectivity index (χ1v) is 8.78. The molecule has 0 radical (unpaired) electrons. The third-order valence-corrected chi connectivity index (χ3v) is 4.75. The van der Waals surface area contributed by atoms with E-state index in [9.17, 15) is 4.79 Å². The number of rotatable bonds is 5. The molecule has 1 fully saturated rings. The molecule has 1 aromatic carbocycles. The second-order valence-electron chi connectivity index (χ2n) is 5.69. The molecule has 2 aromatic rings. The van der Waals surface area contributed by atoms with Crippen LogP contribution in [0.4, 0.5) is 5.69 Å². The van der Waals surface area contributed by atoms with E-state index in [1.165, 1.54) is 12.3 Å². The predicted octanol–water partition coefficient (Wildman–Crippen LogP) is 3.76. The molecule has 0 atom stereocenters. The maximum atomic E-state index is 12.5. The molecule has 2 heterocycles. The van der Waals surface area contributed by atoms with Crippen LogP contribution in [0.3, 0.4) is 0 Å². The fourth-order valence-electron chi connectivity index (χ4n) is 2.51. The van der Waals surface area contributed by atoms with Gasteiger partial charge in [-0.3, -0.25) is 4.79 Å². The van der Waals surface area contributed by atoms with E-state index in [2.05, 4.69) is 10.4 Å². The number of nitrogens with one attached hydrogen (secondary N) is 1. The molecule has 1 saturated heterocycles. The molecule has 0 unspecified atom stereocenters. The third kappa shape index (κ3) is 4.10. The monoisotopic (exact) mass is 403 g/mol. The van der Waals surface area contributed by atoms with Gasteiger partial charge < -0.3 is 14.8 Å². The maximum absolute atomic E-state index is 12.5. The summed E-state index contributed by atoms with van der Waals surface area (Å²) in [5.41, 5.74) is 0.370. The van der Waals surface area contributed by atoms with Crippen molar-refractivity contribution >= 4 is 40.5 Å². The standard InChI is InChI=1S/C16H16Cl3N3O3/c1-16(24-6-7-25-16)4-5-20-12-9-21-22(15(23)14(12)19)13-3-2-10(17)8-11(13)18/h2-3,8-9,20H,4-7H2,1H3. The van der Waals surface area contributed by atoms with Gasteiger partial charge in [-0.15, -0.1) is 0 Å². The first-order chi connectivity index (χ1) is 11.9. The van der Waals surface area contributed by atoms with Gasteiger partial charge in [0.2, 0.25) is 0 Å². The summed E-state index contributed by atoms with van der Waals surface area (Å²) >= 11 is 18.2. The van der Waals surface area contributed by atoms with E-state index in [1.807, 2.05) is 6.92 Å². The van der Waals surface area contributed by atoms with Gasteiger partial charge in [-0.2, -0.15) is 9.78 Å². The quantitative estimate of drug-likeness (QED) is 0.822. The Hall–Kier alpha value is -1.31. The highest BCUT2D eigenvalue weighted by atomic mass is 35.5. The normalized spacial score (nSPS) is 16.2. The molecule has 0 bridgehead atoms. The zero-order valence-electron chi connectivity index (χ0n) is 13.4. The van der Waals surface area contributed by atoms with E-state index in [0.29, 0.717) is 47.6 Å². The molecule has 0 amide bonds. The van der Waals surface area contributed by atoms with Crippen molar-refractivity contribution in [1.29, 1.82) is 0 Å². The summed E-state index contributed by atoms with van der Waals surface area (Å²) in [7, 11) is 0. The number of halogens is 3. The van der Waals surface area contributed by atoms with Crippen LogP contribution in [-0.4, -0.2) is 35.3 Å². The third-order valence-electron chi connectivity index (χ3n) is 3.85. The van der Waals surface area contributed by atoms with Gasteiger partial charge in [0, 0.05) is 18.0 Å². The average Bonchev–Trinajstić information content (AvgIpc) is 2.99. The molecule has 1 aromatic heterocycles. The number of aromatic nitrogens is 2. The van der Waals surface area contributed by atoms with E-state index < -0.39 is 11.3 Å². The number of ether oxygens (including phenoxy) is 2. The summed E-state index contributed by atoms with van der Waals surface area (Å²) in [5, 5.41) is 8.02. The van der Waals surface area contributed by atoms with Crippen LogP contribution in [0.2, 0.25) is 15.1 Å². The SMILES string of the molecule is CC1(CCNc2cnn(-c3ccc(Cl)cc3Cl)c(=O)c2Cl)OCCO1. The first kappa shape index (κ1) is 18.5. The number of hydrogen-bond acceptors (Lipinski definition) is 5. The Morgan fingerprint density at radius 1 is 1.28 bits per heavy atom. The van der Waals surface area contributed by atoms with E-state index in [0.717, 1.165) is 4.68 Å². The largest absolute Gasteiger partial charge is 0.382 e. The highest BCUT2D eigenvalue weighted by Gasteiger charge is 2.30. The summed E-state index contributed by atoms with van der Waals surface area (Å²) in [5.74, 6) is -0.612. The molecule has 6 nitrogen and oxygen atoms in total. The zero-order chi connectivity index (χ0) is 18.0. The van der Waals surface area contributed by atoms with Crippen LogP contribution in [-0.2, 0) is 9.47 Å². The van der Waals surface area contributed by atoms with Crippen molar-refractivity contribution < 1.29 is 9.47 Å². The lowest BCUT2D eigenvalue weighted by molar-refractivity contribution is -0.144. The molecule has 3 rings (SSSR count). The Morgan fingerprint density at radius 2 is 2.00 bits per heavy atom. The lowest BCUT2D eigenvalue weighted by atomic mass is 10.2. The Balaban J connectivity index is 1.77. The molecule has 1 aliphatic rings. The van der Waals surface area contributed by atoms with Crippen molar-refractivity contribution in [2.45, 2.75) is 19.1 Å². The van der Waals surface area contributed by atoms with Gasteiger partial charge in [0.05, 0.1) is 35.8 Å². The molecular weight excluding hydrogens is 389 g/mol. The van der Waals surface area contributed by atoms with Crippen molar-refractivity contribution in [3.8, 4) is 5.69 Å². The fraction of sp³-hybridized carbons (Fsp3) is 0.375. The van der Waals surface area contributed by atoms with E-state index in [4.69, 9.17) is 44.3 Å². The topological polar surface area (TPSA) is 65.4 Å². The average molecular weight is 405 g/mol. The first-order valence-electron chi connectivity index (χ1n) is 7.65. The Kier molecular flexibility index (Phi) is 5.55. The minimum atomic E-state index is -0.612. The summed E-state index contributed by atoms with van der Waals surface area (Å²) in [6.07, 6.45) is 2.09. The predicted molar refractivity (Wildman–Crippen MR) is 98.3 cm³/mol. The zero-order valence-corrected chi connectivity index (χ0v) is 15.7. The molecule has 25 heavy (non-hydrogen) atoms. The molecule has 0 saturated carbocycles. The summed E-state index contributed by atoms with van der Waals surface area (Å²) in [6.45, 7) is 3.55. The van der Waals surface area contributed by atoms with Gasteiger partial charge in [-0.1, -0.05) is 34.8 Å². The van der Waals surface area contributed by atoms with Crippen LogP contribution in [0.1, 0.15) is 13.3 Å². The molecule has 0 spiro atoms. The van der Waals surface area contributed by atoms with Crippen LogP contribution in [0, 0.1) is 0 Å². The highest BCUT2D eigenvalue weighted by molar-refractivity contribution is 6.36. The second-order valence-corrected chi connectivity index (χ2v) is 6.91. The Morgan fingerprint density at radius 3 is 2.68 bits per heavy atom. The van der Waals surface area contributed by atoms with Crippen molar-refractivity contribution in [3.63, 3.8) is 0 Å². The van der Waals surface area contributed by atoms with Crippen LogP contribution in [0.5, 0.6) is 0 Å². The van der Waals surface area contributed by atoms with Gasteiger partial charge in [0.15, 0.2) is 5.79 Å². The van der Waals surface area contributed by atoms with Gasteiger partial charge in [-0.25, -0.2) is 0 Å². The minimum Gasteiger partial charge on any atom is -0.382 e. The van der Waals surface area contributed by atoms with Gasteiger partial charge in [-0.05, 0) is 25.1 Å². The molecule has 1 N–H and O–H groups in total. The van der Waals surface area contributed by atoms with Crippen molar-refractivity contribution in [2.75, 3.05) is 25.1 Å². The molecular formula is C16H16Cl3N3O3. The Labute approximate surface area is 159 Å². The van der Waals surface area contributed by atoms with Crippen molar-refractivity contribution in [3.05, 3.63) is 49.8 Å². The lowest BCUT2D eigenvalue weighted by Crippen LogP contribution is -2.29. The molecule has 1 aliphatic heterocycles. The number of benzene rings is 1. The lowest BCUT2D eigenvalue weighted by Gasteiger charge is -2.22. The van der Waals surface area contributed by atoms with Crippen LogP contribution in [0.15, 0.2) is 29.2 Å². The van der Waals surface area contributed by atoms with Crippen LogP contribution >= 0.6 is 34.8 Å². The van der Waals surface area contributed by atoms with Crippen LogP contribution in [0.25, 0.3) is 5.69 Å². The number of hydrogen-bond donors (Lipinski definition) is 1. The second kappa shape index (κ2) is 7.51. The number of nitrogens with zero attached hydrogens (tertiary/aromatic N) is 2. The summed E-state index contributed by atoms with van der Waals surface area (Å²) in [6, 6.07) is 4.77. The van der Waals surface area contributed by atoms with Crippen molar-refractivity contribution in [1.82, 2.24) is 9.78 Å². The van der Waals surface area contributed by atoms with Gasteiger partial charge >= 0.3 is 0 Å². The summed E-state index contributed by atoms with van der Waals surface area (Å²) in [4.78, 5) is 12.5. The van der Waals surface area contributed by atoms with E-state index in [-0.39, 0.29) is 5.02 Å². The summed E-state index contributed by atoms with van der Waals surface area (Å²) < 4.78 is 12.2. The molecule has 9 heteroatoms. The van der Waals surface area contributed by atoms with Gasteiger partial charge in [0.1, 0.15) is 5.02 Å². The van der Waals surface area contributed by atoms with E-state index in [1.54, 1.807) is 12.1 Å². The van der Waals surface area contributed by atoms with Gasteiger partial charge in [0.25, 0.3) is 5.56 Å². The Bertz CT molecular complexity index is 835. The smallest absolute Gasteiger partial charge is 0.292 e.